The van der Waals surface area contributed by atoms with Crippen molar-refractivity contribution in [1.82, 2.24) is 4.90 Å². The van der Waals surface area contributed by atoms with Crippen molar-refractivity contribution >= 4 is 0 Å². The van der Waals surface area contributed by atoms with E-state index in [-0.39, 0.29) is 5.54 Å². The van der Waals surface area contributed by atoms with Crippen LogP contribution in [0.2, 0.25) is 0 Å². The van der Waals surface area contributed by atoms with E-state index in [0.29, 0.717) is 6.04 Å². The van der Waals surface area contributed by atoms with Crippen molar-refractivity contribution < 1.29 is 0 Å². The number of piperidine rings is 1. The fourth-order valence-electron chi connectivity index (χ4n) is 2.70. The maximum Gasteiger partial charge on any atom is 0.0239 e. The summed E-state index contributed by atoms with van der Waals surface area (Å²) in [7, 11) is 0. The average molecular weight is 246 g/mol. The zero-order valence-corrected chi connectivity index (χ0v) is 11.9. The van der Waals surface area contributed by atoms with Crippen LogP contribution >= 0.6 is 0 Å². The van der Waals surface area contributed by atoms with Crippen molar-refractivity contribution in [2.45, 2.75) is 58.2 Å². The zero-order chi connectivity index (χ0) is 13.2. The Balaban J connectivity index is 2.06. The number of nitrogens with zero attached hydrogens (tertiary/aromatic N) is 1. The number of rotatable bonds is 3. The van der Waals surface area contributed by atoms with E-state index in [1.54, 1.807) is 0 Å². The second-order valence-electron chi connectivity index (χ2n) is 6.16. The Labute approximate surface area is 111 Å². The number of aryl methyl sites for hydroxylation is 1. The Morgan fingerprint density at radius 2 is 1.83 bits per heavy atom. The van der Waals surface area contributed by atoms with Crippen LogP contribution in [0.1, 0.15) is 44.7 Å². The molecular formula is C16H26N2. The third-order valence-corrected chi connectivity index (χ3v) is 4.24. The van der Waals surface area contributed by atoms with Crippen molar-refractivity contribution in [2.75, 3.05) is 6.54 Å². The zero-order valence-electron chi connectivity index (χ0n) is 11.9. The average Bonchev–Trinajstić information content (AvgIpc) is 2.35. The van der Waals surface area contributed by atoms with Gasteiger partial charge in [0.05, 0.1) is 0 Å². The van der Waals surface area contributed by atoms with Crippen molar-refractivity contribution in [1.29, 1.82) is 0 Å². The van der Waals surface area contributed by atoms with Crippen LogP contribution in [0.5, 0.6) is 0 Å². The van der Waals surface area contributed by atoms with Gasteiger partial charge in [0.2, 0.25) is 0 Å². The van der Waals surface area contributed by atoms with Crippen LogP contribution in [0.4, 0.5) is 0 Å². The summed E-state index contributed by atoms with van der Waals surface area (Å²) in [6.07, 6.45) is 3.46. The molecule has 1 unspecified atom stereocenters. The van der Waals surface area contributed by atoms with Gasteiger partial charge in [0.25, 0.3) is 0 Å². The van der Waals surface area contributed by atoms with E-state index >= 15 is 0 Å². The first-order chi connectivity index (χ1) is 8.51. The summed E-state index contributed by atoms with van der Waals surface area (Å²) in [6, 6.07) is 9.34. The van der Waals surface area contributed by atoms with Crippen LogP contribution < -0.4 is 5.73 Å². The van der Waals surface area contributed by atoms with Crippen LogP contribution in [0, 0.1) is 0 Å². The summed E-state index contributed by atoms with van der Waals surface area (Å²) < 4.78 is 0. The largest absolute Gasteiger partial charge is 0.327 e. The van der Waals surface area contributed by atoms with Gasteiger partial charge in [-0.05, 0) is 44.2 Å². The summed E-state index contributed by atoms with van der Waals surface area (Å²) in [5.41, 5.74) is 9.19. The SMILES string of the molecule is CCc1ccc(CN2CC(N)CCC2(C)C)cc1. The quantitative estimate of drug-likeness (QED) is 0.888. The van der Waals surface area contributed by atoms with Crippen molar-refractivity contribution in [3.05, 3.63) is 35.4 Å². The van der Waals surface area contributed by atoms with Gasteiger partial charge in [0.1, 0.15) is 0 Å². The molecule has 2 N–H and O–H groups in total. The summed E-state index contributed by atoms with van der Waals surface area (Å²) in [6.45, 7) is 8.90. The van der Waals surface area contributed by atoms with E-state index in [0.717, 1.165) is 25.9 Å². The van der Waals surface area contributed by atoms with Crippen LogP contribution in [0.3, 0.4) is 0 Å². The lowest BCUT2D eigenvalue weighted by atomic mass is 9.88. The smallest absolute Gasteiger partial charge is 0.0239 e. The molecule has 2 heteroatoms. The summed E-state index contributed by atoms with van der Waals surface area (Å²) in [4.78, 5) is 2.53. The van der Waals surface area contributed by atoms with Crippen LogP contribution in [0.15, 0.2) is 24.3 Å². The molecule has 0 radical (unpaired) electrons. The Bertz CT molecular complexity index is 381. The molecule has 0 saturated carbocycles. The fraction of sp³-hybridized carbons (Fsp3) is 0.625. The van der Waals surface area contributed by atoms with Gasteiger partial charge in [0, 0.05) is 24.7 Å². The molecule has 18 heavy (non-hydrogen) atoms. The van der Waals surface area contributed by atoms with E-state index in [4.69, 9.17) is 5.73 Å². The molecule has 0 amide bonds. The molecule has 1 saturated heterocycles. The number of nitrogens with two attached hydrogens (primary N) is 1. The summed E-state index contributed by atoms with van der Waals surface area (Å²) in [5, 5.41) is 0. The lowest BCUT2D eigenvalue weighted by Crippen LogP contribution is -2.53. The minimum absolute atomic E-state index is 0.277. The van der Waals surface area contributed by atoms with E-state index in [1.165, 1.54) is 17.5 Å². The predicted molar refractivity (Wildman–Crippen MR) is 77.5 cm³/mol. The molecule has 2 rings (SSSR count). The van der Waals surface area contributed by atoms with Gasteiger partial charge in [-0.3, -0.25) is 4.90 Å². The van der Waals surface area contributed by atoms with Crippen LogP contribution in [-0.4, -0.2) is 23.0 Å². The molecule has 0 aliphatic carbocycles. The Hall–Kier alpha value is -0.860. The highest BCUT2D eigenvalue weighted by molar-refractivity contribution is 5.22. The maximum absolute atomic E-state index is 6.10. The molecule has 1 aliphatic rings. The topological polar surface area (TPSA) is 29.3 Å². The molecular weight excluding hydrogens is 220 g/mol. The van der Waals surface area contributed by atoms with E-state index in [2.05, 4.69) is 49.9 Å². The number of likely N-dealkylation sites (tertiary alicyclic amines) is 1. The number of hydrogen-bond acceptors (Lipinski definition) is 2. The first kappa shape index (κ1) is 13.6. The Morgan fingerprint density at radius 3 is 2.44 bits per heavy atom. The number of hydrogen-bond donors (Lipinski definition) is 1. The van der Waals surface area contributed by atoms with E-state index in [1.807, 2.05) is 0 Å². The molecule has 100 valence electrons. The van der Waals surface area contributed by atoms with Crippen LogP contribution in [-0.2, 0) is 13.0 Å². The second kappa shape index (κ2) is 5.41. The fourth-order valence-corrected chi connectivity index (χ4v) is 2.70. The minimum Gasteiger partial charge on any atom is -0.327 e. The third-order valence-electron chi connectivity index (χ3n) is 4.24. The van der Waals surface area contributed by atoms with Crippen molar-refractivity contribution in [2.24, 2.45) is 5.73 Å². The highest BCUT2D eigenvalue weighted by Crippen LogP contribution is 2.28. The van der Waals surface area contributed by atoms with Crippen molar-refractivity contribution in [3.8, 4) is 0 Å². The lowest BCUT2D eigenvalue weighted by molar-refractivity contribution is 0.0586. The van der Waals surface area contributed by atoms with E-state index < -0.39 is 0 Å². The highest BCUT2D eigenvalue weighted by atomic mass is 15.2. The first-order valence-corrected chi connectivity index (χ1v) is 7.10. The Morgan fingerprint density at radius 1 is 1.22 bits per heavy atom. The Kier molecular flexibility index (Phi) is 4.08. The molecule has 0 spiro atoms. The van der Waals surface area contributed by atoms with Crippen LogP contribution in [0.25, 0.3) is 0 Å². The molecule has 0 bridgehead atoms. The minimum atomic E-state index is 0.277. The molecule has 1 aromatic rings. The molecule has 1 aromatic carbocycles. The summed E-state index contributed by atoms with van der Waals surface area (Å²) in [5.74, 6) is 0. The predicted octanol–water partition coefficient (Wildman–Crippen LogP) is 2.95. The molecule has 1 atom stereocenters. The third kappa shape index (κ3) is 3.12. The van der Waals surface area contributed by atoms with Gasteiger partial charge in [0.15, 0.2) is 0 Å². The number of benzene rings is 1. The highest BCUT2D eigenvalue weighted by Gasteiger charge is 2.32. The molecule has 1 fully saturated rings. The monoisotopic (exact) mass is 246 g/mol. The molecule has 1 aliphatic heterocycles. The van der Waals surface area contributed by atoms with Gasteiger partial charge in [-0.2, -0.15) is 0 Å². The van der Waals surface area contributed by atoms with Crippen molar-refractivity contribution in [3.63, 3.8) is 0 Å². The van der Waals surface area contributed by atoms with Gasteiger partial charge >= 0.3 is 0 Å². The van der Waals surface area contributed by atoms with Gasteiger partial charge in [-0.1, -0.05) is 31.2 Å². The summed E-state index contributed by atoms with van der Waals surface area (Å²) >= 11 is 0. The van der Waals surface area contributed by atoms with Gasteiger partial charge in [-0.15, -0.1) is 0 Å². The lowest BCUT2D eigenvalue weighted by Gasteiger charge is -2.44. The molecule has 0 aromatic heterocycles. The standard InChI is InChI=1S/C16H26N2/c1-4-13-5-7-14(8-6-13)11-18-12-15(17)9-10-16(18,2)3/h5-8,15H,4,9-12,17H2,1-3H3. The maximum atomic E-state index is 6.10. The molecule has 2 nitrogen and oxygen atoms in total. The first-order valence-electron chi connectivity index (χ1n) is 7.10. The van der Waals surface area contributed by atoms with Gasteiger partial charge in [-0.25, -0.2) is 0 Å². The second-order valence-corrected chi connectivity index (χ2v) is 6.16. The normalized spacial score (nSPS) is 24.1. The van der Waals surface area contributed by atoms with Gasteiger partial charge < -0.3 is 5.73 Å². The molecule has 1 heterocycles. The van der Waals surface area contributed by atoms with E-state index in [9.17, 15) is 0 Å².